The van der Waals surface area contributed by atoms with Crippen LogP contribution in [0.15, 0.2) is 24.3 Å². The lowest BCUT2D eigenvalue weighted by Gasteiger charge is -2.31. The minimum absolute atomic E-state index is 0.126. The Hall–Kier alpha value is -1.74. The van der Waals surface area contributed by atoms with Gasteiger partial charge in [-0.15, -0.1) is 0 Å². The van der Waals surface area contributed by atoms with E-state index < -0.39 is 0 Å². The minimum atomic E-state index is 0.126. The van der Waals surface area contributed by atoms with Gasteiger partial charge in [-0.2, -0.15) is 0 Å². The maximum absolute atomic E-state index is 5.75. The highest BCUT2D eigenvalue weighted by Gasteiger charge is 2.33. The van der Waals surface area contributed by atoms with E-state index in [1.54, 1.807) is 14.2 Å². The van der Waals surface area contributed by atoms with E-state index in [0.717, 1.165) is 35.4 Å². The summed E-state index contributed by atoms with van der Waals surface area (Å²) in [5.74, 6) is 1.99. The molecule has 3 nitrogen and oxygen atoms in total. The van der Waals surface area contributed by atoms with E-state index in [9.17, 15) is 0 Å². The molecule has 1 aliphatic rings. The van der Waals surface area contributed by atoms with Crippen LogP contribution in [-0.2, 0) is 13.1 Å². The van der Waals surface area contributed by atoms with Crippen LogP contribution in [0.4, 0.5) is 0 Å². The molecular formula is C18H23NO2. The Morgan fingerprint density at radius 2 is 1.29 bits per heavy atom. The Morgan fingerprint density at radius 1 is 0.857 bits per heavy atom. The molecule has 0 amide bonds. The van der Waals surface area contributed by atoms with Crippen LogP contribution in [-0.4, -0.2) is 24.7 Å². The third-order valence-corrected chi connectivity index (χ3v) is 4.38. The average Bonchev–Trinajstić information content (AvgIpc) is 2.89. The lowest BCUT2D eigenvalue weighted by molar-refractivity contribution is 0.135. The van der Waals surface area contributed by atoms with Crippen LogP contribution in [0.5, 0.6) is 11.5 Å². The molecule has 3 rings (SSSR count). The third kappa shape index (κ3) is 2.16. The van der Waals surface area contributed by atoms with Crippen molar-refractivity contribution < 1.29 is 9.47 Å². The predicted octanol–water partition coefficient (Wildman–Crippen LogP) is 3.97. The SMILES string of the molecule is COc1c2c(c(OC)c3ccccc13)CN(C(C)(C)C)C2. The zero-order valence-electron chi connectivity index (χ0n) is 13.5. The van der Waals surface area contributed by atoms with Crippen molar-refractivity contribution in [3.8, 4) is 11.5 Å². The molecule has 0 spiro atoms. The molecule has 21 heavy (non-hydrogen) atoms. The fourth-order valence-corrected chi connectivity index (χ4v) is 3.19. The highest BCUT2D eigenvalue weighted by molar-refractivity contribution is 5.96. The van der Waals surface area contributed by atoms with E-state index in [1.165, 1.54) is 11.1 Å². The first-order chi connectivity index (χ1) is 9.97. The van der Waals surface area contributed by atoms with Crippen molar-refractivity contribution in [1.82, 2.24) is 4.90 Å². The fourth-order valence-electron chi connectivity index (χ4n) is 3.19. The van der Waals surface area contributed by atoms with E-state index in [0.29, 0.717) is 0 Å². The molecule has 0 bridgehead atoms. The number of rotatable bonds is 2. The van der Waals surface area contributed by atoms with E-state index in [2.05, 4.69) is 37.8 Å². The van der Waals surface area contributed by atoms with Crippen molar-refractivity contribution >= 4 is 10.8 Å². The second-order valence-electron chi connectivity index (χ2n) is 6.60. The van der Waals surface area contributed by atoms with Crippen LogP contribution in [0.25, 0.3) is 10.8 Å². The summed E-state index contributed by atoms with van der Waals surface area (Å²) in [6, 6.07) is 8.31. The number of ether oxygens (including phenoxy) is 2. The van der Waals surface area contributed by atoms with E-state index in [-0.39, 0.29) is 5.54 Å². The Kier molecular flexibility index (Phi) is 3.33. The summed E-state index contributed by atoms with van der Waals surface area (Å²) in [7, 11) is 3.52. The summed E-state index contributed by atoms with van der Waals surface area (Å²) in [5.41, 5.74) is 2.66. The van der Waals surface area contributed by atoms with Gasteiger partial charge in [0.05, 0.1) is 14.2 Å². The number of benzene rings is 2. The molecule has 0 radical (unpaired) electrons. The molecule has 0 fully saturated rings. The number of fused-ring (bicyclic) bond motifs is 2. The summed E-state index contributed by atoms with van der Waals surface area (Å²) in [4.78, 5) is 2.46. The average molecular weight is 285 g/mol. The zero-order valence-corrected chi connectivity index (χ0v) is 13.5. The van der Waals surface area contributed by atoms with Gasteiger partial charge in [-0.1, -0.05) is 24.3 Å². The molecule has 1 aliphatic heterocycles. The van der Waals surface area contributed by atoms with Gasteiger partial charge in [0.25, 0.3) is 0 Å². The van der Waals surface area contributed by atoms with Crippen LogP contribution in [0.2, 0.25) is 0 Å². The van der Waals surface area contributed by atoms with Gasteiger partial charge in [-0.3, -0.25) is 4.90 Å². The van der Waals surface area contributed by atoms with Crippen LogP contribution in [0.1, 0.15) is 31.9 Å². The first-order valence-corrected chi connectivity index (χ1v) is 7.37. The molecule has 0 N–H and O–H groups in total. The van der Waals surface area contributed by atoms with Gasteiger partial charge in [-0.05, 0) is 20.8 Å². The van der Waals surface area contributed by atoms with Crippen molar-refractivity contribution in [3.63, 3.8) is 0 Å². The van der Waals surface area contributed by atoms with Crippen LogP contribution in [0, 0.1) is 0 Å². The third-order valence-electron chi connectivity index (χ3n) is 4.38. The summed E-state index contributed by atoms with van der Waals surface area (Å²) in [5, 5.41) is 2.26. The molecule has 0 unspecified atom stereocenters. The molecule has 2 aromatic rings. The van der Waals surface area contributed by atoms with Gasteiger partial charge >= 0.3 is 0 Å². The molecule has 0 atom stereocenters. The maximum Gasteiger partial charge on any atom is 0.131 e. The molecule has 0 aliphatic carbocycles. The second kappa shape index (κ2) is 4.92. The highest BCUT2D eigenvalue weighted by Crippen LogP contribution is 2.46. The lowest BCUT2D eigenvalue weighted by atomic mass is 9.99. The zero-order chi connectivity index (χ0) is 15.2. The largest absolute Gasteiger partial charge is 0.496 e. The van der Waals surface area contributed by atoms with Gasteiger partial charge in [0.2, 0.25) is 0 Å². The summed E-state index contributed by atoms with van der Waals surface area (Å²) in [6.07, 6.45) is 0. The smallest absolute Gasteiger partial charge is 0.131 e. The Morgan fingerprint density at radius 3 is 1.62 bits per heavy atom. The predicted molar refractivity (Wildman–Crippen MR) is 86.1 cm³/mol. The van der Waals surface area contributed by atoms with Gasteiger partial charge in [0.1, 0.15) is 11.5 Å². The monoisotopic (exact) mass is 285 g/mol. The molecule has 0 saturated carbocycles. The van der Waals surface area contributed by atoms with Gasteiger partial charge in [-0.25, -0.2) is 0 Å². The standard InChI is InChI=1S/C18H23NO2/c1-18(2,3)19-10-14-15(11-19)17(21-5)13-9-7-6-8-12(13)16(14)20-4/h6-9H,10-11H2,1-5H3. The van der Waals surface area contributed by atoms with E-state index >= 15 is 0 Å². The van der Waals surface area contributed by atoms with Crippen molar-refractivity contribution in [2.45, 2.75) is 39.4 Å². The molecule has 0 aromatic heterocycles. The van der Waals surface area contributed by atoms with Crippen molar-refractivity contribution in [2.75, 3.05) is 14.2 Å². The van der Waals surface area contributed by atoms with Crippen LogP contribution >= 0.6 is 0 Å². The molecule has 3 heteroatoms. The summed E-state index contributed by atoms with van der Waals surface area (Å²) < 4.78 is 11.5. The molecule has 112 valence electrons. The lowest BCUT2D eigenvalue weighted by Crippen LogP contribution is -2.36. The van der Waals surface area contributed by atoms with E-state index in [4.69, 9.17) is 9.47 Å². The van der Waals surface area contributed by atoms with Gasteiger partial charge < -0.3 is 9.47 Å². The molecular weight excluding hydrogens is 262 g/mol. The van der Waals surface area contributed by atoms with Crippen molar-refractivity contribution in [1.29, 1.82) is 0 Å². The molecule has 1 heterocycles. The van der Waals surface area contributed by atoms with Gasteiger partial charge in [0.15, 0.2) is 0 Å². The maximum atomic E-state index is 5.75. The topological polar surface area (TPSA) is 21.7 Å². The summed E-state index contributed by atoms with van der Waals surface area (Å²) in [6.45, 7) is 8.55. The van der Waals surface area contributed by atoms with Crippen LogP contribution < -0.4 is 9.47 Å². The number of nitrogens with zero attached hydrogens (tertiary/aromatic N) is 1. The quantitative estimate of drug-likeness (QED) is 0.833. The second-order valence-corrected chi connectivity index (χ2v) is 6.60. The Bertz CT molecular complexity index is 633. The summed E-state index contributed by atoms with van der Waals surface area (Å²) >= 11 is 0. The Balaban J connectivity index is 2.27. The number of hydrogen-bond donors (Lipinski definition) is 0. The fraction of sp³-hybridized carbons (Fsp3) is 0.444. The normalized spacial score (nSPS) is 15.3. The van der Waals surface area contributed by atoms with Crippen molar-refractivity contribution in [2.24, 2.45) is 0 Å². The van der Waals surface area contributed by atoms with Gasteiger partial charge in [0, 0.05) is 40.5 Å². The first-order valence-electron chi connectivity index (χ1n) is 7.37. The highest BCUT2D eigenvalue weighted by atomic mass is 16.5. The van der Waals surface area contributed by atoms with Crippen molar-refractivity contribution in [3.05, 3.63) is 35.4 Å². The number of hydrogen-bond acceptors (Lipinski definition) is 3. The number of methoxy groups -OCH3 is 2. The van der Waals surface area contributed by atoms with Crippen LogP contribution in [0.3, 0.4) is 0 Å². The minimum Gasteiger partial charge on any atom is -0.496 e. The Labute approximate surface area is 126 Å². The van der Waals surface area contributed by atoms with E-state index in [1.807, 2.05) is 12.1 Å². The molecule has 2 aromatic carbocycles. The molecule has 0 saturated heterocycles. The first kappa shape index (κ1) is 14.2.